The Kier molecular flexibility index (Phi) is 6.30. The van der Waals surface area contributed by atoms with Gasteiger partial charge in [0.15, 0.2) is 0 Å². The Morgan fingerprint density at radius 2 is 1.83 bits per heavy atom. The van der Waals surface area contributed by atoms with E-state index in [0.717, 1.165) is 26.7 Å². The SMILES string of the molecule is O=C(Nc1ccc(CCN2CCCC2)cc1)c1cc(Br)ccc1I. The fourth-order valence-corrected chi connectivity index (χ4v) is 3.86. The van der Waals surface area contributed by atoms with Gasteiger partial charge in [-0.15, -0.1) is 0 Å². The first-order chi connectivity index (χ1) is 11.6. The number of rotatable bonds is 5. The van der Waals surface area contributed by atoms with E-state index in [0.29, 0.717) is 5.56 Å². The Hall–Kier alpha value is -0.920. The lowest BCUT2D eigenvalue weighted by atomic mass is 10.1. The summed E-state index contributed by atoms with van der Waals surface area (Å²) in [6.07, 6.45) is 3.73. The molecule has 126 valence electrons. The summed E-state index contributed by atoms with van der Waals surface area (Å²) in [7, 11) is 0. The number of hydrogen-bond donors (Lipinski definition) is 1. The van der Waals surface area contributed by atoms with Crippen molar-refractivity contribution in [3.63, 3.8) is 0 Å². The van der Waals surface area contributed by atoms with Crippen molar-refractivity contribution in [1.82, 2.24) is 4.90 Å². The number of nitrogens with one attached hydrogen (secondary N) is 1. The van der Waals surface area contributed by atoms with Crippen LogP contribution in [0.1, 0.15) is 28.8 Å². The third kappa shape index (κ3) is 4.80. The van der Waals surface area contributed by atoms with E-state index >= 15 is 0 Å². The summed E-state index contributed by atoms with van der Waals surface area (Å²) in [5, 5.41) is 2.98. The molecule has 1 amide bonds. The first-order valence-electron chi connectivity index (χ1n) is 8.19. The molecule has 0 spiro atoms. The first-order valence-corrected chi connectivity index (χ1v) is 10.1. The number of anilines is 1. The van der Waals surface area contributed by atoms with Crippen molar-refractivity contribution < 1.29 is 4.79 Å². The molecule has 1 aliphatic rings. The number of halogens is 2. The van der Waals surface area contributed by atoms with Crippen molar-refractivity contribution in [1.29, 1.82) is 0 Å². The quantitative estimate of drug-likeness (QED) is 0.592. The molecule has 0 atom stereocenters. The zero-order chi connectivity index (χ0) is 16.9. The maximum Gasteiger partial charge on any atom is 0.256 e. The summed E-state index contributed by atoms with van der Waals surface area (Å²) in [6.45, 7) is 3.60. The van der Waals surface area contributed by atoms with Crippen LogP contribution in [0.2, 0.25) is 0 Å². The summed E-state index contributed by atoms with van der Waals surface area (Å²) in [4.78, 5) is 14.9. The van der Waals surface area contributed by atoms with Gasteiger partial charge in [-0.2, -0.15) is 0 Å². The Morgan fingerprint density at radius 3 is 2.54 bits per heavy atom. The van der Waals surface area contributed by atoms with Crippen LogP contribution in [0.4, 0.5) is 5.69 Å². The minimum Gasteiger partial charge on any atom is -0.322 e. The number of benzene rings is 2. The monoisotopic (exact) mass is 498 g/mol. The predicted molar refractivity (Wildman–Crippen MR) is 111 cm³/mol. The highest BCUT2D eigenvalue weighted by Gasteiger charge is 2.12. The molecule has 2 aromatic rings. The van der Waals surface area contributed by atoms with Crippen molar-refractivity contribution in [3.05, 3.63) is 61.6 Å². The molecule has 0 unspecified atom stereocenters. The third-order valence-corrected chi connectivity index (χ3v) is 5.73. The van der Waals surface area contributed by atoms with Gasteiger partial charge in [-0.25, -0.2) is 0 Å². The Bertz CT molecular complexity index is 712. The maximum atomic E-state index is 12.4. The highest BCUT2D eigenvalue weighted by Crippen LogP contribution is 2.20. The van der Waals surface area contributed by atoms with E-state index in [9.17, 15) is 4.79 Å². The largest absolute Gasteiger partial charge is 0.322 e. The van der Waals surface area contributed by atoms with Crippen molar-refractivity contribution >= 4 is 50.1 Å². The van der Waals surface area contributed by atoms with Crippen LogP contribution in [0.15, 0.2) is 46.9 Å². The van der Waals surface area contributed by atoms with Crippen LogP contribution in [0.5, 0.6) is 0 Å². The minimum atomic E-state index is -0.0782. The number of nitrogens with zero attached hydrogens (tertiary/aromatic N) is 1. The average Bonchev–Trinajstić information content (AvgIpc) is 3.10. The van der Waals surface area contributed by atoms with E-state index in [1.165, 1.54) is 31.5 Å². The zero-order valence-electron chi connectivity index (χ0n) is 13.4. The van der Waals surface area contributed by atoms with Gasteiger partial charge in [-0.1, -0.05) is 28.1 Å². The minimum absolute atomic E-state index is 0.0782. The molecule has 0 aliphatic carbocycles. The molecule has 3 rings (SSSR count). The molecule has 1 saturated heterocycles. The van der Waals surface area contributed by atoms with Crippen molar-refractivity contribution in [2.45, 2.75) is 19.3 Å². The molecule has 0 bridgehead atoms. The van der Waals surface area contributed by atoms with Crippen LogP contribution in [-0.4, -0.2) is 30.4 Å². The highest BCUT2D eigenvalue weighted by molar-refractivity contribution is 14.1. The van der Waals surface area contributed by atoms with Gasteiger partial charge in [-0.05, 0) is 90.8 Å². The molecule has 1 N–H and O–H groups in total. The Labute approximate surface area is 165 Å². The van der Waals surface area contributed by atoms with Crippen LogP contribution in [-0.2, 0) is 6.42 Å². The number of carbonyl (C=O) groups excluding carboxylic acids is 1. The van der Waals surface area contributed by atoms with Gasteiger partial charge in [0.25, 0.3) is 5.91 Å². The van der Waals surface area contributed by atoms with Crippen molar-refractivity contribution in [2.75, 3.05) is 25.0 Å². The molecule has 1 heterocycles. The summed E-state index contributed by atoms with van der Waals surface area (Å²) >= 11 is 5.60. The summed E-state index contributed by atoms with van der Waals surface area (Å²) in [6, 6.07) is 13.9. The van der Waals surface area contributed by atoms with Gasteiger partial charge < -0.3 is 10.2 Å². The normalized spacial score (nSPS) is 14.8. The van der Waals surface area contributed by atoms with E-state index in [1.54, 1.807) is 0 Å². The Morgan fingerprint density at radius 1 is 1.12 bits per heavy atom. The molecule has 0 aromatic heterocycles. The molecule has 2 aromatic carbocycles. The fraction of sp³-hybridized carbons (Fsp3) is 0.316. The molecular weight excluding hydrogens is 479 g/mol. The highest BCUT2D eigenvalue weighted by atomic mass is 127. The van der Waals surface area contributed by atoms with Gasteiger partial charge in [0.2, 0.25) is 0 Å². The van der Waals surface area contributed by atoms with E-state index in [4.69, 9.17) is 0 Å². The number of hydrogen-bond acceptors (Lipinski definition) is 2. The van der Waals surface area contributed by atoms with Crippen LogP contribution < -0.4 is 5.32 Å². The smallest absolute Gasteiger partial charge is 0.256 e. The molecule has 1 aliphatic heterocycles. The molecule has 1 fully saturated rings. The summed E-state index contributed by atoms with van der Waals surface area (Å²) in [5.41, 5.74) is 2.83. The van der Waals surface area contributed by atoms with E-state index in [-0.39, 0.29) is 5.91 Å². The van der Waals surface area contributed by atoms with Crippen LogP contribution in [0.3, 0.4) is 0 Å². The lowest BCUT2D eigenvalue weighted by molar-refractivity contribution is 0.102. The van der Waals surface area contributed by atoms with Gasteiger partial charge in [0.05, 0.1) is 5.56 Å². The maximum absolute atomic E-state index is 12.4. The predicted octanol–water partition coefficient (Wildman–Crippen LogP) is 4.94. The lowest BCUT2D eigenvalue weighted by Gasteiger charge is -2.14. The van der Waals surface area contributed by atoms with Crippen LogP contribution in [0.25, 0.3) is 0 Å². The van der Waals surface area contributed by atoms with Crippen molar-refractivity contribution in [2.24, 2.45) is 0 Å². The van der Waals surface area contributed by atoms with Gasteiger partial charge in [0, 0.05) is 20.3 Å². The first kappa shape index (κ1) is 17.9. The second kappa shape index (κ2) is 8.45. The molecule has 5 heteroatoms. The lowest BCUT2D eigenvalue weighted by Crippen LogP contribution is -2.21. The summed E-state index contributed by atoms with van der Waals surface area (Å²) < 4.78 is 1.85. The van der Waals surface area contributed by atoms with E-state index < -0.39 is 0 Å². The second-order valence-electron chi connectivity index (χ2n) is 6.07. The molecular formula is C19H20BrIN2O. The molecule has 3 nitrogen and oxygen atoms in total. The Balaban J connectivity index is 1.59. The number of likely N-dealkylation sites (tertiary alicyclic amines) is 1. The average molecular weight is 499 g/mol. The zero-order valence-corrected chi connectivity index (χ0v) is 17.1. The second-order valence-corrected chi connectivity index (χ2v) is 8.15. The number of amides is 1. The van der Waals surface area contributed by atoms with Crippen LogP contribution in [0, 0.1) is 3.57 Å². The summed E-state index contributed by atoms with van der Waals surface area (Å²) in [5.74, 6) is -0.0782. The van der Waals surface area contributed by atoms with Gasteiger partial charge in [-0.3, -0.25) is 4.79 Å². The molecule has 0 radical (unpaired) electrons. The van der Waals surface area contributed by atoms with Crippen molar-refractivity contribution in [3.8, 4) is 0 Å². The van der Waals surface area contributed by atoms with E-state index in [2.05, 4.69) is 60.9 Å². The fourth-order valence-electron chi connectivity index (χ4n) is 2.92. The van der Waals surface area contributed by atoms with Gasteiger partial charge >= 0.3 is 0 Å². The topological polar surface area (TPSA) is 32.3 Å². The number of carbonyl (C=O) groups is 1. The van der Waals surface area contributed by atoms with Gasteiger partial charge in [0.1, 0.15) is 0 Å². The molecule has 0 saturated carbocycles. The third-order valence-electron chi connectivity index (χ3n) is 4.30. The van der Waals surface area contributed by atoms with E-state index in [1.807, 2.05) is 30.3 Å². The van der Waals surface area contributed by atoms with Crippen LogP contribution >= 0.6 is 38.5 Å². The standard InChI is InChI=1S/C19H20BrIN2O/c20-15-5-8-18(21)17(13-15)19(24)22-16-6-3-14(4-7-16)9-12-23-10-1-2-11-23/h3-8,13H,1-2,9-12H2,(H,22,24). The molecule has 24 heavy (non-hydrogen) atoms.